The second-order valence-electron chi connectivity index (χ2n) is 4.72. The summed E-state index contributed by atoms with van der Waals surface area (Å²) < 4.78 is 19.2. The number of benzene rings is 1. The number of nitrogens with two attached hydrogens (primary N) is 1. The van der Waals surface area contributed by atoms with Crippen molar-refractivity contribution in [1.29, 1.82) is 5.26 Å². The molecule has 0 aliphatic heterocycles. The first kappa shape index (κ1) is 13.0. The monoisotopic (exact) mass is 248 g/mol. The van der Waals surface area contributed by atoms with Gasteiger partial charge < -0.3 is 10.5 Å². The molecule has 0 radical (unpaired) electrons. The zero-order chi connectivity index (χ0) is 13.0. The van der Waals surface area contributed by atoms with Gasteiger partial charge in [0.2, 0.25) is 0 Å². The Morgan fingerprint density at radius 2 is 2.17 bits per heavy atom. The minimum Gasteiger partial charge on any atom is -0.372 e. The molecule has 2 rings (SSSR count). The highest BCUT2D eigenvalue weighted by molar-refractivity contribution is 5.33. The number of hydrogen-bond acceptors (Lipinski definition) is 3. The second-order valence-corrected chi connectivity index (χ2v) is 4.72. The van der Waals surface area contributed by atoms with Gasteiger partial charge in [0, 0.05) is 11.6 Å². The topological polar surface area (TPSA) is 59.0 Å². The van der Waals surface area contributed by atoms with E-state index in [0.717, 1.165) is 25.7 Å². The number of nitrogens with zero attached hydrogens (tertiary/aromatic N) is 1. The first-order valence-electron chi connectivity index (χ1n) is 6.26. The zero-order valence-electron chi connectivity index (χ0n) is 10.2. The fraction of sp³-hybridized carbons (Fsp3) is 0.500. The zero-order valence-corrected chi connectivity index (χ0v) is 10.2. The summed E-state index contributed by atoms with van der Waals surface area (Å²) in [5.74, 6) is -0.335. The SMILES string of the molecule is N#Cc1ccc(F)c(COC2CCCCC2N)c1. The summed E-state index contributed by atoms with van der Waals surface area (Å²) in [5.41, 5.74) is 6.84. The van der Waals surface area contributed by atoms with E-state index in [1.165, 1.54) is 18.2 Å². The van der Waals surface area contributed by atoms with Crippen molar-refractivity contribution in [2.75, 3.05) is 0 Å². The molecule has 3 nitrogen and oxygen atoms in total. The maximum absolute atomic E-state index is 13.5. The molecule has 1 aliphatic carbocycles. The summed E-state index contributed by atoms with van der Waals surface area (Å²) in [5, 5.41) is 8.78. The lowest BCUT2D eigenvalue weighted by atomic mass is 9.93. The standard InChI is InChI=1S/C14H17FN2O/c15-12-6-5-10(8-16)7-11(12)9-18-14-4-2-1-3-13(14)17/h5-7,13-14H,1-4,9,17H2. The Bertz CT molecular complexity index is 456. The number of rotatable bonds is 3. The van der Waals surface area contributed by atoms with Crippen molar-refractivity contribution in [3.05, 3.63) is 35.1 Å². The summed E-state index contributed by atoms with van der Waals surface area (Å²) in [6.07, 6.45) is 4.15. The van der Waals surface area contributed by atoms with Crippen LogP contribution in [0, 0.1) is 17.1 Å². The molecule has 0 amide bonds. The van der Waals surface area contributed by atoms with E-state index in [9.17, 15) is 4.39 Å². The van der Waals surface area contributed by atoms with Crippen LogP contribution in [0.1, 0.15) is 36.8 Å². The van der Waals surface area contributed by atoms with Gasteiger partial charge in [-0.2, -0.15) is 5.26 Å². The van der Waals surface area contributed by atoms with E-state index in [1.54, 1.807) is 0 Å². The molecule has 2 atom stereocenters. The molecule has 18 heavy (non-hydrogen) atoms. The number of halogens is 1. The van der Waals surface area contributed by atoms with E-state index in [1.807, 2.05) is 6.07 Å². The average molecular weight is 248 g/mol. The third kappa shape index (κ3) is 3.06. The molecule has 0 spiro atoms. The average Bonchev–Trinajstić information content (AvgIpc) is 2.39. The molecule has 1 aliphatic rings. The number of nitriles is 1. The normalized spacial score (nSPS) is 23.6. The Hall–Kier alpha value is -1.44. The molecule has 0 saturated heterocycles. The Labute approximate surface area is 106 Å². The molecule has 2 unspecified atom stereocenters. The highest BCUT2D eigenvalue weighted by Crippen LogP contribution is 2.21. The van der Waals surface area contributed by atoms with E-state index in [2.05, 4.69) is 0 Å². The molecule has 0 heterocycles. The van der Waals surface area contributed by atoms with Crippen molar-refractivity contribution in [3.8, 4) is 6.07 Å². The van der Waals surface area contributed by atoms with Gasteiger partial charge in [0.1, 0.15) is 5.82 Å². The third-order valence-electron chi connectivity index (χ3n) is 3.38. The summed E-state index contributed by atoms with van der Waals surface area (Å²) in [6.45, 7) is 0.180. The van der Waals surface area contributed by atoms with Crippen LogP contribution >= 0.6 is 0 Å². The van der Waals surface area contributed by atoms with Crippen LogP contribution in [-0.2, 0) is 11.3 Å². The smallest absolute Gasteiger partial charge is 0.128 e. The van der Waals surface area contributed by atoms with Crippen LogP contribution in [0.15, 0.2) is 18.2 Å². The van der Waals surface area contributed by atoms with E-state index < -0.39 is 0 Å². The predicted molar refractivity (Wildman–Crippen MR) is 66.1 cm³/mol. The quantitative estimate of drug-likeness (QED) is 0.894. The molecule has 96 valence electrons. The summed E-state index contributed by atoms with van der Waals surface area (Å²) in [6, 6.07) is 6.34. The van der Waals surface area contributed by atoms with Gasteiger partial charge in [0.05, 0.1) is 24.3 Å². The van der Waals surface area contributed by atoms with Crippen LogP contribution < -0.4 is 5.73 Å². The predicted octanol–water partition coefficient (Wildman–Crippen LogP) is 2.48. The molecule has 1 saturated carbocycles. The largest absolute Gasteiger partial charge is 0.372 e. The van der Waals surface area contributed by atoms with Gasteiger partial charge >= 0.3 is 0 Å². The summed E-state index contributed by atoms with van der Waals surface area (Å²) in [7, 11) is 0. The van der Waals surface area contributed by atoms with Crippen molar-refractivity contribution in [2.24, 2.45) is 5.73 Å². The van der Waals surface area contributed by atoms with Crippen LogP contribution in [0.2, 0.25) is 0 Å². The van der Waals surface area contributed by atoms with Gasteiger partial charge in [0.15, 0.2) is 0 Å². The molecule has 4 heteroatoms. The fourth-order valence-electron chi connectivity index (χ4n) is 2.28. The van der Waals surface area contributed by atoms with Gasteiger partial charge in [-0.1, -0.05) is 12.8 Å². The maximum Gasteiger partial charge on any atom is 0.128 e. The lowest BCUT2D eigenvalue weighted by molar-refractivity contribution is 0.00288. The van der Waals surface area contributed by atoms with Crippen molar-refractivity contribution >= 4 is 0 Å². The minimum atomic E-state index is -0.335. The third-order valence-corrected chi connectivity index (χ3v) is 3.38. The summed E-state index contributed by atoms with van der Waals surface area (Å²) >= 11 is 0. The molecule has 1 fully saturated rings. The Kier molecular flexibility index (Phi) is 4.29. The fourth-order valence-corrected chi connectivity index (χ4v) is 2.28. The van der Waals surface area contributed by atoms with Gasteiger partial charge in [0.25, 0.3) is 0 Å². The van der Waals surface area contributed by atoms with Crippen LogP contribution in [0.4, 0.5) is 4.39 Å². The Morgan fingerprint density at radius 1 is 1.39 bits per heavy atom. The number of ether oxygens (including phenoxy) is 1. The lowest BCUT2D eigenvalue weighted by Crippen LogP contribution is -2.39. The molecule has 2 N–H and O–H groups in total. The van der Waals surface area contributed by atoms with Crippen LogP contribution in [0.3, 0.4) is 0 Å². The van der Waals surface area contributed by atoms with Crippen molar-refractivity contribution in [3.63, 3.8) is 0 Å². The van der Waals surface area contributed by atoms with E-state index in [0.29, 0.717) is 11.1 Å². The van der Waals surface area contributed by atoms with Gasteiger partial charge in [-0.15, -0.1) is 0 Å². The van der Waals surface area contributed by atoms with Gasteiger partial charge in [-0.25, -0.2) is 4.39 Å². The molecule has 1 aromatic carbocycles. The first-order valence-corrected chi connectivity index (χ1v) is 6.26. The Balaban J connectivity index is 1.99. The second kappa shape index (κ2) is 5.94. The van der Waals surface area contributed by atoms with E-state index >= 15 is 0 Å². The maximum atomic E-state index is 13.5. The highest BCUT2D eigenvalue weighted by atomic mass is 19.1. The molecular formula is C14H17FN2O. The summed E-state index contributed by atoms with van der Waals surface area (Å²) in [4.78, 5) is 0. The molecule has 0 aromatic heterocycles. The van der Waals surface area contributed by atoms with Crippen molar-refractivity contribution < 1.29 is 9.13 Å². The van der Waals surface area contributed by atoms with Gasteiger partial charge in [-0.05, 0) is 31.0 Å². The van der Waals surface area contributed by atoms with Crippen molar-refractivity contribution in [1.82, 2.24) is 0 Å². The van der Waals surface area contributed by atoms with Crippen molar-refractivity contribution in [2.45, 2.75) is 44.4 Å². The molecular weight excluding hydrogens is 231 g/mol. The van der Waals surface area contributed by atoms with E-state index in [-0.39, 0.29) is 24.6 Å². The van der Waals surface area contributed by atoms with Gasteiger partial charge in [-0.3, -0.25) is 0 Å². The Morgan fingerprint density at radius 3 is 2.89 bits per heavy atom. The lowest BCUT2D eigenvalue weighted by Gasteiger charge is -2.28. The minimum absolute atomic E-state index is 0.00360. The highest BCUT2D eigenvalue weighted by Gasteiger charge is 2.22. The van der Waals surface area contributed by atoms with Crippen LogP contribution in [0.25, 0.3) is 0 Å². The van der Waals surface area contributed by atoms with Crippen LogP contribution in [-0.4, -0.2) is 12.1 Å². The van der Waals surface area contributed by atoms with E-state index in [4.69, 9.17) is 15.7 Å². The number of hydrogen-bond donors (Lipinski definition) is 1. The first-order chi connectivity index (χ1) is 8.70. The molecule has 0 bridgehead atoms. The van der Waals surface area contributed by atoms with Crippen LogP contribution in [0.5, 0.6) is 0 Å². The molecule has 1 aromatic rings.